The molecule has 0 bridgehead atoms. The summed E-state index contributed by atoms with van der Waals surface area (Å²) in [6.45, 7) is 6.48. The highest BCUT2D eigenvalue weighted by Crippen LogP contribution is 2.12. The molecule has 4 heteroatoms. The maximum absolute atomic E-state index is 9.09. The second-order valence-electron chi connectivity index (χ2n) is 3.78. The van der Waals surface area contributed by atoms with Gasteiger partial charge in [-0.15, -0.1) is 0 Å². The van der Waals surface area contributed by atoms with Crippen LogP contribution in [0.5, 0.6) is 0 Å². The summed E-state index contributed by atoms with van der Waals surface area (Å²) in [5, 5.41) is 9.09. The predicted octanol–water partition coefficient (Wildman–Crippen LogP) is -0.585. The average Bonchev–Trinajstić information content (AvgIpc) is 2.04. The van der Waals surface area contributed by atoms with Gasteiger partial charge in [0.1, 0.15) is 0 Å². The van der Waals surface area contributed by atoms with Crippen molar-refractivity contribution < 1.29 is 9.84 Å². The highest BCUT2D eigenvalue weighted by atomic mass is 16.5. The molecule has 0 saturated carbocycles. The zero-order chi connectivity index (χ0) is 9.84. The average molecular weight is 188 g/mol. The minimum absolute atomic E-state index is 0.0915. The molecule has 1 aliphatic heterocycles. The van der Waals surface area contributed by atoms with E-state index in [2.05, 4.69) is 4.90 Å². The summed E-state index contributed by atoms with van der Waals surface area (Å²) in [6, 6.07) is 0.0915. The molecule has 1 heterocycles. The molecule has 1 unspecified atom stereocenters. The van der Waals surface area contributed by atoms with Gasteiger partial charge in [0.15, 0.2) is 0 Å². The summed E-state index contributed by atoms with van der Waals surface area (Å²) in [7, 11) is 0. The lowest BCUT2D eigenvalue weighted by atomic mass is 10.1. The minimum Gasteiger partial charge on any atom is -0.395 e. The molecule has 1 fully saturated rings. The molecule has 3 atom stereocenters. The van der Waals surface area contributed by atoms with Gasteiger partial charge in [0.2, 0.25) is 0 Å². The molecule has 78 valence electrons. The first-order valence-electron chi connectivity index (χ1n) is 4.87. The number of rotatable bonds is 3. The molecule has 1 saturated heterocycles. The van der Waals surface area contributed by atoms with Crippen molar-refractivity contribution in [2.24, 2.45) is 5.73 Å². The van der Waals surface area contributed by atoms with Gasteiger partial charge in [-0.05, 0) is 13.8 Å². The van der Waals surface area contributed by atoms with Crippen molar-refractivity contribution in [2.75, 3.05) is 26.2 Å². The van der Waals surface area contributed by atoms with E-state index >= 15 is 0 Å². The van der Waals surface area contributed by atoms with Crippen LogP contribution < -0.4 is 5.73 Å². The Hall–Kier alpha value is -0.160. The molecular formula is C9H20N2O2. The molecule has 0 aromatic carbocycles. The van der Waals surface area contributed by atoms with Crippen molar-refractivity contribution in [2.45, 2.75) is 32.1 Å². The van der Waals surface area contributed by atoms with Crippen molar-refractivity contribution >= 4 is 0 Å². The lowest BCUT2D eigenvalue weighted by molar-refractivity contribution is -0.0842. The molecule has 0 aromatic heterocycles. The first-order chi connectivity index (χ1) is 6.17. The minimum atomic E-state index is 0.0915. The number of nitrogens with zero attached hydrogens (tertiary/aromatic N) is 1. The fourth-order valence-corrected chi connectivity index (χ4v) is 1.85. The normalized spacial score (nSPS) is 33.2. The molecular weight excluding hydrogens is 168 g/mol. The summed E-state index contributed by atoms with van der Waals surface area (Å²) in [5.41, 5.74) is 5.56. The highest BCUT2D eigenvalue weighted by molar-refractivity contribution is 4.79. The topological polar surface area (TPSA) is 58.7 Å². The lowest BCUT2D eigenvalue weighted by Gasteiger charge is -2.39. The van der Waals surface area contributed by atoms with Gasteiger partial charge in [0, 0.05) is 25.7 Å². The van der Waals surface area contributed by atoms with E-state index in [1.807, 2.05) is 13.8 Å². The Morgan fingerprint density at radius 1 is 1.46 bits per heavy atom. The van der Waals surface area contributed by atoms with E-state index in [0.717, 1.165) is 13.1 Å². The van der Waals surface area contributed by atoms with E-state index in [9.17, 15) is 0 Å². The van der Waals surface area contributed by atoms with Gasteiger partial charge in [-0.1, -0.05) is 0 Å². The van der Waals surface area contributed by atoms with Crippen LogP contribution in [0.15, 0.2) is 0 Å². The molecule has 4 nitrogen and oxygen atoms in total. The first-order valence-corrected chi connectivity index (χ1v) is 4.87. The van der Waals surface area contributed by atoms with Crippen LogP contribution in [-0.4, -0.2) is 54.5 Å². The fourth-order valence-electron chi connectivity index (χ4n) is 1.85. The van der Waals surface area contributed by atoms with Crippen molar-refractivity contribution in [1.29, 1.82) is 0 Å². The predicted molar refractivity (Wildman–Crippen MR) is 51.5 cm³/mol. The van der Waals surface area contributed by atoms with Crippen LogP contribution in [0.25, 0.3) is 0 Å². The molecule has 1 aliphatic rings. The van der Waals surface area contributed by atoms with Crippen molar-refractivity contribution in [3.05, 3.63) is 0 Å². The van der Waals surface area contributed by atoms with E-state index < -0.39 is 0 Å². The Kier molecular flexibility index (Phi) is 4.12. The van der Waals surface area contributed by atoms with Crippen molar-refractivity contribution in [3.8, 4) is 0 Å². The molecule has 0 radical (unpaired) electrons. The molecule has 3 N–H and O–H groups in total. The third-order valence-electron chi connectivity index (χ3n) is 2.45. The molecule has 0 amide bonds. The fraction of sp³-hybridized carbons (Fsp3) is 1.00. The van der Waals surface area contributed by atoms with E-state index in [0.29, 0.717) is 6.54 Å². The Bertz CT molecular complexity index is 141. The maximum Gasteiger partial charge on any atom is 0.0678 e. The van der Waals surface area contributed by atoms with Crippen LogP contribution >= 0.6 is 0 Å². The van der Waals surface area contributed by atoms with E-state index in [4.69, 9.17) is 15.6 Å². The summed E-state index contributed by atoms with van der Waals surface area (Å²) in [5.74, 6) is 0. The molecule has 0 spiro atoms. The standard InChI is InChI=1S/C9H20N2O2/c1-7-4-11(5-8(2)13-7)9(3-10)6-12/h7-9,12H,3-6,10H2,1-2H3/t7-,8+,9?. The van der Waals surface area contributed by atoms with Crippen LogP contribution in [0.4, 0.5) is 0 Å². The maximum atomic E-state index is 9.09. The van der Waals surface area contributed by atoms with Crippen LogP contribution in [0.1, 0.15) is 13.8 Å². The number of aliphatic hydroxyl groups is 1. The molecule has 13 heavy (non-hydrogen) atoms. The number of hydrogen-bond donors (Lipinski definition) is 2. The Labute approximate surface area is 79.7 Å². The van der Waals surface area contributed by atoms with Crippen molar-refractivity contribution in [1.82, 2.24) is 4.90 Å². The number of morpholine rings is 1. The third kappa shape index (κ3) is 2.91. The Morgan fingerprint density at radius 2 is 2.00 bits per heavy atom. The van der Waals surface area contributed by atoms with Gasteiger partial charge in [0.25, 0.3) is 0 Å². The molecule has 0 aliphatic carbocycles. The lowest BCUT2D eigenvalue weighted by Crippen LogP contribution is -2.53. The monoisotopic (exact) mass is 188 g/mol. The quantitative estimate of drug-likeness (QED) is 0.622. The number of aliphatic hydroxyl groups excluding tert-OH is 1. The van der Waals surface area contributed by atoms with E-state index in [1.165, 1.54) is 0 Å². The van der Waals surface area contributed by atoms with Crippen LogP contribution in [-0.2, 0) is 4.74 Å². The summed E-state index contributed by atoms with van der Waals surface area (Å²) in [6.07, 6.45) is 0.480. The van der Waals surface area contributed by atoms with E-state index in [1.54, 1.807) is 0 Å². The summed E-state index contributed by atoms with van der Waals surface area (Å²) < 4.78 is 5.59. The Balaban J connectivity index is 2.48. The number of hydrogen-bond acceptors (Lipinski definition) is 4. The summed E-state index contributed by atoms with van der Waals surface area (Å²) >= 11 is 0. The zero-order valence-electron chi connectivity index (χ0n) is 8.44. The SMILES string of the molecule is C[C@@H]1CN(C(CN)CO)C[C@H](C)O1. The van der Waals surface area contributed by atoms with Gasteiger partial charge < -0.3 is 15.6 Å². The molecule has 0 aromatic rings. The largest absolute Gasteiger partial charge is 0.395 e. The van der Waals surface area contributed by atoms with Crippen LogP contribution in [0.2, 0.25) is 0 Å². The summed E-state index contributed by atoms with van der Waals surface area (Å²) in [4.78, 5) is 2.21. The second kappa shape index (κ2) is 4.91. The van der Waals surface area contributed by atoms with Crippen LogP contribution in [0.3, 0.4) is 0 Å². The number of nitrogens with two attached hydrogens (primary N) is 1. The highest BCUT2D eigenvalue weighted by Gasteiger charge is 2.26. The van der Waals surface area contributed by atoms with Gasteiger partial charge in [-0.25, -0.2) is 0 Å². The zero-order valence-corrected chi connectivity index (χ0v) is 8.44. The van der Waals surface area contributed by atoms with Gasteiger partial charge in [0.05, 0.1) is 18.8 Å². The smallest absolute Gasteiger partial charge is 0.0678 e. The second-order valence-corrected chi connectivity index (χ2v) is 3.78. The van der Waals surface area contributed by atoms with Gasteiger partial charge in [-0.2, -0.15) is 0 Å². The Morgan fingerprint density at radius 3 is 2.38 bits per heavy atom. The first kappa shape index (κ1) is 10.9. The van der Waals surface area contributed by atoms with Crippen molar-refractivity contribution in [3.63, 3.8) is 0 Å². The van der Waals surface area contributed by atoms with Crippen LogP contribution in [0, 0.1) is 0 Å². The van der Waals surface area contributed by atoms with Gasteiger partial charge in [-0.3, -0.25) is 4.90 Å². The van der Waals surface area contributed by atoms with Gasteiger partial charge >= 0.3 is 0 Å². The number of ether oxygens (including phenoxy) is 1. The molecule has 1 rings (SSSR count). The third-order valence-corrected chi connectivity index (χ3v) is 2.45. The van der Waals surface area contributed by atoms with E-state index in [-0.39, 0.29) is 24.9 Å².